The molecule has 0 amide bonds. The normalized spacial score (nSPS) is 10.4. The summed E-state index contributed by atoms with van der Waals surface area (Å²) < 4.78 is 0. The molecule has 0 atom stereocenters. The number of likely N-dealkylation sites (N-methyl/N-ethyl adjacent to an activating group) is 1. The molecule has 0 aromatic heterocycles. The first-order valence-corrected chi connectivity index (χ1v) is 6.23. The van der Waals surface area contributed by atoms with Crippen LogP contribution in [0.25, 0.3) is 0 Å². The minimum Gasteiger partial charge on any atom is -0.361 e. The highest BCUT2D eigenvalue weighted by atomic mass is 35.5. The maximum absolute atomic E-state index is 5.94. The number of rotatable bonds is 4. The molecule has 0 aliphatic heterocycles. The number of anilines is 1. The molecule has 0 radical (unpaired) electrons. The molecule has 0 bridgehead atoms. The predicted octanol–water partition coefficient (Wildman–Crippen LogP) is 2.50. The number of hydrogen-bond acceptors (Lipinski definition) is 2. The molecule has 1 aromatic rings. The first-order chi connectivity index (χ1) is 7.99. The van der Waals surface area contributed by atoms with E-state index in [0.717, 1.165) is 24.3 Å². The third kappa shape index (κ3) is 5.35. The molecule has 0 saturated carbocycles. The van der Waals surface area contributed by atoms with Crippen molar-refractivity contribution in [2.45, 2.75) is 6.92 Å². The van der Waals surface area contributed by atoms with E-state index in [1.165, 1.54) is 0 Å². The molecule has 5 heteroatoms. The molecule has 94 valence electrons. The van der Waals surface area contributed by atoms with Crippen LogP contribution in [-0.4, -0.2) is 37.2 Å². The van der Waals surface area contributed by atoms with Gasteiger partial charge in [0.25, 0.3) is 0 Å². The maximum atomic E-state index is 5.94. The van der Waals surface area contributed by atoms with Crippen molar-refractivity contribution in [3.8, 4) is 0 Å². The molecule has 0 aliphatic carbocycles. The number of nitrogens with zero attached hydrogens (tertiary/aromatic N) is 1. The average Bonchev–Trinajstić information content (AvgIpc) is 2.23. The molecule has 0 unspecified atom stereocenters. The lowest BCUT2D eigenvalue weighted by atomic mass is 10.2. The van der Waals surface area contributed by atoms with Crippen LogP contribution in [-0.2, 0) is 0 Å². The van der Waals surface area contributed by atoms with Crippen LogP contribution >= 0.6 is 23.8 Å². The van der Waals surface area contributed by atoms with Crippen molar-refractivity contribution in [2.24, 2.45) is 0 Å². The standard InChI is InChI=1S/C12H18ClN3S/c1-9-4-5-10(13)8-11(9)15-12(17)14-6-7-16(2)3/h4-5,8H,6-7H2,1-3H3,(H2,14,15,17). The van der Waals surface area contributed by atoms with E-state index >= 15 is 0 Å². The van der Waals surface area contributed by atoms with Crippen LogP contribution in [0, 0.1) is 6.92 Å². The van der Waals surface area contributed by atoms with Crippen LogP contribution in [0.2, 0.25) is 5.02 Å². The van der Waals surface area contributed by atoms with Gasteiger partial charge in [0.05, 0.1) is 0 Å². The molecule has 0 spiro atoms. The molecule has 3 nitrogen and oxygen atoms in total. The Balaban J connectivity index is 2.47. The quantitative estimate of drug-likeness (QED) is 0.823. The summed E-state index contributed by atoms with van der Waals surface area (Å²) in [6.45, 7) is 3.77. The summed E-state index contributed by atoms with van der Waals surface area (Å²) in [4.78, 5) is 2.10. The first kappa shape index (κ1) is 14.2. The Hall–Kier alpha value is -0.840. The third-order valence-electron chi connectivity index (χ3n) is 2.29. The predicted molar refractivity (Wildman–Crippen MR) is 79.0 cm³/mol. The molecular weight excluding hydrogens is 254 g/mol. The largest absolute Gasteiger partial charge is 0.361 e. The van der Waals surface area contributed by atoms with Gasteiger partial charge in [-0.1, -0.05) is 17.7 Å². The van der Waals surface area contributed by atoms with Gasteiger partial charge in [-0.05, 0) is 50.9 Å². The average molecular weight is 272 g/mol. The SMILES string of the molecule is Cc1ccc(Cl)cc1NC(=S)NCCN(C)C. The third-order valence-corrected chi connectivity index (χ3v) is 2.77. The van der Waals surface area contributed by atoms with Gasteiger partial charge in [0.15, 0.2) is 5.11 Å². The Morgan fingerprint density at radius 2 is 2.12 bits per heavy atom. The number of hydrogen-bond donors (Lipinski definition) is 2. The highest BCUT2D eigenvalue weighted by Gasteiger charge is 2.01. The molecule has 1 rings (SSSR count). The van der Waals surface area contributed by atoms with Gasteiger partial charge in [-0.2, -0.15) is 0 Å². The summed E-state index contributed by atoms with van der Waals surface area (Å²) in [5, 5.41) is 7.61. The molecule has 0 heterocycles. The van der Waals surface area contributed by atoms with E-state index < -0.39 is 0 Å². The zero-order chi connectivity index (χ0) is 12.8. The van der Waals surface area contributed by atoms with Gasteiger partial charge in [-0.25, -0.2) is 0 Å². The van der Waals surface area contributed by atoms with Gasteiger partial charge >= 0.3 is 0 Å². The van der Waals surface area contributed by atoms with Crippen molar-refractivity contribution < 1.29 is 0 Å². The number of benzene rings is 1. The van der Waals surface area contributed by atoms with Crippen LogP contribution in [0.5, 0.6) is 0 Å². The van der Waals surface area contributed by atoms with Gasteiger partial charge in [-0.3, -0.25) is 0 Å². The van der Waals surface area contributed by atoms with E-state index in [-0.39, 0.29) is 0 Å². The minimum absolute atomic E-state index is 0.622. The van der Waals surface area contributed by atoms with Gasteiger partial charge in [0.1, 0.15) is 0 Å². The first-order valence-electron chi connectivity index (χ1n) is 5.45. The topological polar surface area (TPSA) is 27.3 Å². The number of thiocarbonyl (C=S) groups is 1. The molecule has 0 aliphatic rings. The van der Waals surface area contributed by atoms with E-state index in [1.54, 1.807) is 0 Å². The summed E-state index contributed by atoms with van der Waals surface area (Å²) in [6.07, 6.45) is 0. The zero-order valence-electron chi connectivity index (χ0n) is 10.4. The van der Waals surface area contributed by atoms with E-state index in [0.29, 0.717) is 10.1 Å². The lowest BCUT2D eigenvalue weighted by Gasteiger charge is -2.14. The van der Waals surface area contributed by atoms with Crippen LogP contribution in [0.4, 0.5) is 5.69 Å². The second-order valence-corrected chi connectivity index (χ2v) is 4.99. The second kappa shape index (κ2) is 6.79. The molecule has 0 fully saturated rings. The summed E-state index contributed by atoms with van der Waals surface area (Å²) in [7, 11) is 4.05. The van der Waals surface area contributed by atoms with Gasteiger partial charge < -0.3 is 15.5 Å². The van der Waals surface area contributed by atoms with Crippen molar-refractivity contribution in [2.75, 3.05) is 32.5 Å². The van der Waals surface area contributed by atoms with Gasteiger partial charge in [-0.15, -0.1) is 0 Å². The highest BCUT2D eigenvalue weighted by Crippen LogP contribution is 2.19. The smallest absolute Gasteiger partial charge is 0.170 e. The maximum Gasteiger partial charge on any atom is 0.170 e. The number of halogens is 1. The summed E-state index contributed by atoms with van der Waals surface area (Å²) in [5.41, 5.74) is 2.06. The van der Waals surface area contributed by atoms with Gasteiger partial charge in [0, 0.05) is 23.8 Å². The Morgan fingerprint density at radius 1 is 1.41 bits per heavy atom. The fourth-order valence-electron chi connectivity index (χ4n) is 1.29. The molecular formula is C12H18ClN3S. The van der Waals surface area contributed by atoms with Crippen LogP contribution in [0.3, 0.4) is 0 Å². The number of nitrogens with one attached hydrogen (secondary N) is 2. The van der Waals surface area contributed by atoms with Crippen molar-refractivity contribution in [3.05, 3.63) is 28.8 Å². The summed E-state index contributed by atoms with van der Waals surface area (Å²) >= 11 is 11.1. The van der Waals surface area contributed by atoms with Gasteiger partial charge in [0.2, 0.25) is 0 Å². The van der Waals surface area contributed by atoms with Crippen molar-refractivity contribution >= 4 is 34.6 Å². The Bertz CT molecular complexity index is 393. The fourth-order valence-corrected chi connectivity index (χ4v) is 1.67. The van der Waals surface area contributed by atoms with Crippen LogP contribution in [0.15, 0.2) is 18.2 Å². The second-order valence-electron chi connectivity index (χ2n) is 4.14. The zero-order valence-corrected chi connectivity index (χ0v) is 12.0. The Kier molecular flexibility index (Phi) is 5.68. The van der Waals surface area contributed by atoms with Crippen molar-refractivity contribution in [3.63, 3.8) is 0 Å². The molecule has 1 aromatic carbocycles. The van der Waals surface area contributed by atoms with E-state index in [4.69, 9.17) is 23.8 Å². The molecule has 2 N–H and O–H groups in total. The fraction of sp³-hybridized carbons (Fsp3) is 0.417. The van der Waals surface area contributed by atoms with E-state index in [9.17, 15) is 0 Å². The van der Waals surface area contributed by atoms with Crippen molar-refractivity contribution in [1.82, 2.24) is 10.2 Å². The lowest BCUT2D eigenvalue weighted by molar-refractivity contribution is 0.413. The monoisotopic (exact) mass is 271 g/mol. The minimum atomic E-state index is 0.622. The number of aryl methyl sites for hydroxylation is 1. The lowest BCUT2D eigenvalue weighted by Crippen LogP contribution is -2.34. The summed E-state index contributed by atoms with van der Waals surface area (Å²) in [6, 6.07) is 5.70. The highest BCUT2D eigenvalue weighted by molar-refractivity contribution is 7.80. The molecule has 17 heavy (non-hydrogen) atoms. The molecule has 0 saturated heterocycles. The summed E-state index contributed by atoms with van der Waals surface area (Å²) in [5.74, 6) is 0. The van der Waals surface area contributed by atoms with Crippen molar-refractivity contribution in [1.29, 1.82) is 0 Å². The van der Waals surface area contributed by atoms with Crippen LogP contribution in [0.1, 0.15) is 5.56 Å². The van der Waals surface area contributed by atoms with E-state index in [2.05, 4.69) is 15.5 Å². The Labute approximate surface area is 113 Å². The Morgan fingerprint density at radius 3 is 2.76 bits per heavy atom. The van der Waals surface area contributed by atoms with Crippen LogP contribution < -0.4 is 10.6 Å². The van der Waals surface area contributed by atoms with E-state index in [1.807, 2.05) is 39.2 Å².